The fourth-order valence-electron chi connectivity index (χ4n) is 3.12. The minimum atomic E-state index is -0.330. The highest BCUT2D eigenvalue weighted by Gasteiger charge is 2.12. The number of carbonyl (C=O) groups is 2. The summed E-state index contributed by atoms with van der Waals surface area (Å²) in [5.41, 5.74) is 3.25. The van der Waals surface area contributed by atoms with E-state index >= 15 is 0 Å². The van der Waals surface area contributed by atoms with Crippen LogP contribution in [-0.4, -0.2) is 38.1 Å². The first-order valence-electron chi connectivity index (χ1n) is 9.81. The summed E-state index contributed by atoms with van der Waals surface area (Å²) in [6.45, 7) is 4.72. The summed E-state index contributed by atoms with van der Waals surface area (Å²) in [6, 6.07) is 14.9. The molecule has 0 atom stereocenters. The molecule has 0 saturated carbocycles. The first-order valence-corrected chi connectivity index (χ1v) is 9.81. The van der Waals surface area contributed by atoms with Crippen molar-refractivity contribution in [1.82, 2.24) is 0 Å². The summed E-state index contributed by atoms with van der Waals surface area (Å²) in [5.74, 6) is -0.455. The molecule has 1 heterocycles. The largest absolute Gasteiger partial charge is 0.462 e. The van der Waals surface area contributed by atoms with Gasteiger partial charge in [-0.3, -0.25) is 4.79 Å². The highest BCUT2D eigenvalue weighted by atomic mass is 16.5. The average molecular weight is 381 g/mol. The van der Waals surface area contributed by atoms with Gasteiger partial charge in [-0.05, 0) is 67.8 Å². The van der Waals surface area contributed by atoms with Crippen molar-refractivity contribution in [2.45, 2.75) is 26.2 Å². The zero-order valence-corrected chi connectivity index (χ0v) is 16.2. The minimum absolute atomic E-state index is 0.125. The lowest BCUT2D eigenvalue weighted by Crippen LogP contribution is -2.22. The molecule has 2 N–H and O–H groups in total. The molecule has 0 spiro atoms. The van der Waals surface area contributed by atoms with Crippen LogP contribution >= 0.6 is 0 Å². The molecule has 1 aliphatic rings. The predicted molar refractivity (Wildman–Crippen MR) is 112 cm³/mol. The Balaban J connectivity index is 1.45. The third-order valence-corrected chi connectivity index (χ3v) is 4.63. The molecule has 2 aromatic carbocycles. The summed E-state index contributed by atoms with van der Waals surface area (Å²) in [4.78, 5) is 26.3. The molecule has 0 unspecified atom stereocenters. The number of anilines is 3. The standard InChI is InChI=1S/C22H27N3O3/c1-2-15-28-22(27)17-5-7-18(8-6-17)23-16-21(26)24-19-9-11-20(12-10-19)25-13-3-4-14-25/h5-12,23H,2-4,13-16H2,1H3,(H,24,26). The van der Waals surface area contributed by atoms with Crippen LogP contribution in [0.5, 0.6) is 0 Å². The molecular weight excluding hydrogens is 354 g/mol. The molecule has 28 heavy (non-hydrogen) atoms. The van der Waals surface area contributed by atoms with Gasteiger partial charge >= 0.3 is 5.97 Å². The van der Waals surface area contributed by atoms with Crippen LogP contribution in [0.1, 0.15) is 36.5 Å². The Bertz CT molecular complexity index is 782. The second-order valence-electron chi connectivity index (χ2n) is 6.86. The Morgan fingerprint density at radius 1 is 0.964 bits per heavy atom. The summed E-state index contributed by atoms with van der Waals surface area (Å²) in [7, 11) is 0. The monoisotopic (exact) mass is 381 g/mol. The van der Waals surface area contributed by atoms with E-state index in [0.29, 0.717) is 12.2 Å². The summed E-state index contributed by atoms with van der Waals surface area (Å²) in [5, 5.41) is 5.95. The van der Waals surface area contributed by atoms with E-state index in [1.54, 1.807) is 24.3 Å². The van der Waals surface area contributed by atoms with Crippen molar-refractivity contribution in [1.29, 1.82) is 0 Å². The maximum Gasteiger partial charge on any atom is 0.338 e. The fraction of sp³-hybridized carbons (Fsp3) is 0.364. The number of hydrogen-bond acceptors (Lipinski definition) is 5. The molecule has 6 nitrogen and oxygen atoms in total. The SMILES string of the molecule is CCCOC(=O)c1ccc(NCC(=O)Nc2ccc(N3CCCC3)cc2)cc1. The van der Waals surface area contributed by atoms with Gasteiger partial charge in [-0.25, -0.2) is 4.79 Å². The average Bonchev–Trinajstić information content (AvgIpc) is 3.26. The molecule has 1 amide bonds. The number of esters is 1. The van der Waals surface area contributed by atoms with Crippen LogP contribution in [0.4, 0.5) is 17.1 Å². The van der Waals surface area contributed by atoms with Gasteiger partial charge in [0.05, 0.1) is 18.7 Å². The van der Waals surface area contributed by atoms with E-state index < -0.39 is 0 Å². The van der Waals surface area contributed by atoms with E-state index in [0.717, 1.165) is 30.9 Å². The summed E-state index contributed by atoms with van der Waals surface area (Å²) < 4.78 is 5.10. The Morgan fingerprint density at radius 3 is 2.25 bits per heavy atom. The maximum atomic E-state index is 12.2. The molecule has 0 bridgehead atoms. The quantitative estimate of drug-likeness (QED) is 0.679. The molecule has 0 aliphatic carbocycles. The summed E-state index contributed by atoms with van der Waals surface area (Å²) >= 11 is 0. The van der Waals surface area contributed by atoms with E-state index in [1.807, 2.05) is 31.2 Å². The van der Waals surface area contributed by atoms with Crippen molar-refractivity contribution < 1.29 is 14.3 Å². The van der Waals surface area contributed by atoms with Crippen molar-refractivity contribution in [3.63, 3.8) is 0 Å². The van der Waals surface area contributed by atoms with Crippen molar-refractivity contribution >= 4 is 28.9 Å². The van der Waals surface area contributed by atoms with Gasteiger partial charge in [0.1, 0.15) is 0 Å². The number of nitrogens with one attached hydrogen (secondary N) is 2. The van der Waals surface area contributed by atoms with E-state index in [4.69, 9.17) is 4.74 Å². The molecule has 0 radical (unpaired) electrons. The van der Waals surface area contributed by atoms with Crippen LogP contribution in [0, 0.1) is 0 Å². The number of hydrogen-bond donors (Lipinski definition) is 2. The maximum absolute atomic E-state index is 12.2. The molecular formula is C22H27N3O3. The first kappa shape index (κ1) is 19.7. The van der Waals surface area contributed by atoms with E-state index in [2.05, 4.69) is 15.5 Å². The lowest BCUT2D eigenvalue weighted by molar-refractivity contribution is -0.114. The normalized spacial score (nSPS) is 13.2. The van der Waals surface area contributed by atoms with Crippen LogP contribution in [0.3, 0.4) is 0 Å². The molecule has 6 heteroatoms. The van der Waals surface area contributed by atoms with Crippen LogP contribution in [0.15, 0.2) is 48.5 Å². The van der Waals surface area contributed by atoms with E-state index in [1.165, 1.54) is 18.5 Å². The fourth-order valence-corrected chi connectivity index (χ4v) is 3.12. The molecule has 1 saturated heterocycles. The van der Waals surface area contributed by atoms with Crippen molar-refractivity contribution in [3.8, 4) is 0 Å². The molecule has 3 rings (SSSR count). The molecule has 148 valence electrons. The van der Waals surface area contributed by atoms with Crippen molar-refractivity contribution in [2.24, 2.45) is 0 Å². The third kappa shape index (κ3) is 5.49. The number of amides is 1. The van der Waals surface area contributed by atoms with Gasteiger partial charge in [0, 0.05) is 30.2 Å². The Hall–Kier alpha value is -3.02. The van der Waals surface area contributed by atoms with Crippen LogP contribution in [0.25, 0.3) is 0 Å². The Kier molecular flexibility index (Phi) is 6.89. The van der Waals surface area contributed by atoms with E-state index in [-0.39, 0.29) is 18.4 Å². The lowest BCUT2D eigenvalue weighted by atomic mass is 10.2. The highest BCUT2D eigenvalue weighted by Crippen LogP contribution is 2.22. The van der Waals surface area contributed by atoms with Gasteiger partial charge in [-0.1, -0.05) is 6.92 Å². The van der Waals surface area contributed by atoms with Gasteiger partial charge in [0.25, 0.3) is 0 Å². The van der Waals surface area contributed by atoms with Gasteiger partial charge < -0.3 is 20.3 Å². The van der Waals surface area contributed by atoms with Crippen LogP contribution in [-0.2, 0) is 9.53 Å². The third-order valence-electron chi connectivity index (χ3n) is 4.63. The Labute approximate surface area is 165 Å². The highest BCUT2D eigenvalue weighted by molar-refractivity contribution is 5.94. The van der Waals surface area contributed by atoms with Gasteiger partial charge in [-0.15, -0.1) is 0 Å². The number of rotatable bonds is 8. The number of benzene rings is 2. The van der Waals surface area contributed by atoms with Crippen molar-refractivity contribution in [3.05, 3.63) is 54.1 Å². The molecule has 0 aromatic heterocycles. The first-order chi connectivity index (χ1) is 13.7. The van der Waals surface area contributed by atoms with Gasteiger partial charge in [0.15, 0.2) is 0 Å². The van der Waals surface area contributed by atoms with Gasteiger partial charge in [-0.2, -0.15) is 0 Å². The smallest absolute Gasteiger partial charge is 0.338 e. The van der Waals surface area contributed by atoms with E-state index in [9.17, 15) is 9.59 Å². The topological polar surface area (TPSA) is 70.7 Å². The predicted octanol–water partition coefficient (Wildman–Crippen LogP) is 3.90. The second-order valence-corrected chi connectivity index (χ2v) is 6.86. The van der Waals surface area contributed by atoms with Crippen molar-refractivity contribution in [2.75, 3.05) is 41.8 Å². The summed E-state index contributed by atoms with van der Waals surface area (Å²) in [6.07, 6.45) is 3.28. The molecule has 1 aliphatic heterocycles. The zero-order chi connectivity index (χ0) is 19.8. The van der Waals surface area contributed by atoms with Gasteiger partial charge in [0.2, 0.25) is 5.91 Å². The molecule has 1 fully saturated rings. The molecule has 2 aromatic rings. The number of ether oxygens (including phenoxy) is 1. The zero-order valence-electron chi connectivity index (χ0n) is 16.2. The van der Waals surface area contributed by atoms with Crippen LogP contribution in [0.2, 0.25) is 0 Å². The van der Waals surface area contributed by atoms with Crippen LogP contribution < -0.4 is 15.5 Å². The second kappa shape index (κ2) is 9.78. The minimum Gasteiger partial charge on any atom is -0.462 e. The number of nitrogens with zero attached hydrogens (tertiary/aromatic N) is 1. The lowest BCUT2D eigenvalue weighted by Gasteiger charge is -2.17. The Morgan fingerprint density at radius 2 is 1.61 bits per heavy atom. The number of carbonyl (C=O) groups excluding carboxylic acids is 2.